The molecule has 0 fully saturated rings. The van der Waals surface area contributed by atoms with Crippen molar-refractivity contribution < 1.29 is 4.79 Å². The van der Waals surface area contributed by atoms with E-state index in [1.165, 1.54) is 0 Å². The van der Waals surface area contributed by atoms with E-state index in [1.54, 1.807) is 17.5 Å². The quantitative estimate of drug-likeness (QED) is 0.939. The van der Waals surface area contributed by atoms with Crippen LogP contribution < -0.4 is 5.32 Å². The van der Waals surface area contributed by atoms with Gasteiger partial charge >= 0.3 is 0 Å². The highest BCUT2D eigenvalue weighted by atomic mass is 79.9. The minimum absolute atomic E-state index is 0.0557. The molecule has 1 N–H and O–H groups in total. The van der Waals surface area contributed by atoms with Gasteiger partial charge in [-0.3, -0.25) is 4.79 Å². The van der Waals surface area contributed by atoms with Gasteiger partial charge in [0.2, 0.25) is 0 Å². The molecule has 0 bridgehead atoms. The number of nitrogens with zero attached hydrogens (tertiary/aromatic N) is 1. The number of aryl methyl sites for hydroxylation is 1. The molecule has 1 heterocycles. The fraction of sp³-hybridized carbons (Fsp3) is 0.231. The van der Waals surface area contributed by atoms with Crippen LogP contribution in [-0.2, 0) is 6.54 Å². The van der Waals surface area contributed by atoms with Crippen LogP contribution in [0.4, 0.5) is 0 Å². The first kappa shape index (κ1) is 13.2. The summed E-state index contributed by atoms with van der Waals surface area (Å²) in [4.78, 5) is 17.3. The maximum Gasteiger partial charge on any atom is 0.251 e. The molecule has 2 aromatic rings. The zero-order valence-corrected chi connectivity index (χ0v) is 12.6. The Balaban J connectivity index is 2.06. The first-order valence-electron chi connectivity index (χ1n) is 5.52. The number of thiazole rings is 1. The third kappa shape index (κ3) is 2.97. The van der Waals surface area contributed by atoms with E-state index in [-0.39, 0.29) is 5.91 Å². The summed E-state index contributed by atoms with van der Waals surface area (Å²) in [6.07, 6.45) is 1.80. The lowest BCUT2D eigenvalue weighted by molar-refractivity contribution is 0.0950. The topological polar surface area (TPSA) is 42.0 Å². The van der Waals surface area contributed by atoms with Crippen LogP contribution >= 0.6 is 27.3 Å². The number of carbonyl (C=O) groups is 1. The Kier molecular flexibility index (Phi) is 4.14. The molecule has 1 aromatic heterocycles. The highest BCUT2D eigenvalue weighted by Gasteiger charge is 2.10. The van der Waals surface area contributed by atoms with Crippen molar-refractivity contribution >= 4 is 33.2 Å². The van der Waals surface area contributed by atoms with Gasteiger partial charge in [0, 0.05) is 21.1 Å². The fourth-order valence-corrected chi connectivity index (χ4v) is 2.70. The molecule has 0 aliphatic rings. The van der Waals surface area contributed by atoms with Crippen LogP contribution in [-0.4, -0.2) is 10.9 Å². The summed E-state index contributed by atoms with van der Waals surface area (Å²) in [6, 6.07) is 5.62. The lowest BCUT2D eigenvalue weighted by Crippen LogP contribution is -2.23. The van der Waals surface area contributed by atoms with Gasteiger partial charge < -0.3 is 5.32 Å². The molecule has 5 heteroatoms. The summed E-state index contributed by atoms with van der Waals surface area (Å²) >= 11 is 5.02. The molecule has 0 aliphatic heterocycles. The van der Waals surface area contributed by atoms with E-state index in [1.807, 2.05) is 32.0 Å². The summed E-state index contributed by atoms with van der Waals surface area (Å²) in [5.74, 6) is -0.0557. The molecule has 0 spiro atoms. The lowest BCUT2D eigenvalue weighted by atomic mass is 10.1. The second-order valence-electron chi connectivity index (χ2n) is 3.94. The predicted molar refractivity (Wildman–Crippen MR) is 76.9 cm³/mol. The summed E-state index contributed by atoms with van der Waals surface area (Å²) < 4.78 is 0.948. The number of hydrogen-bond donors (Lipinski definition) is 1. The number of carbonyl (C=O) groups excluding carboxylic acids is 1. The molecule has 0 saturated carbocycles. The second-order valence-corrected chi connectivity index (χ2v) is 6.11. The Hall–Kier alpha value is -1.20. The van der Waals surface area contributed by atoms with Gasteiger partial charge in [0.1, 0.15) is 0 Å². The average molecular weight is 325 g/mol. The largest absolute Gasteiger partial charge is 0.347 e. The van der Waals surface area contributed by atoms with Crippen molar-refractivity contribution in [2.45, 2.75) is 20.4 Å². The molecule has 3 nitrogen and oxygen atoms in total. The molecular weight excluding hydrogens is 312 g/mol. The molecule has 0 saturated heterocycles. The molecule has 0 radical (unpaired) electrons. The standard InChI is InChI=1S/C13H13BrN2OS/c1-8-11(4-3-5-12(8)14)13(17)16-7-10-6-15-9(2)18-10/h3-6H,7H2,1-2H3,(H,16,17). The van der Waals surface area contributed by atoms with Crippen molar-refractivity contribution in [2.24, 2.45) is 0 Å². The van der Waals surface area contributed by atoms with E-state index >= 15 is 0 Å². The van der Waals surface area contributed by atoms with Crippen molar-refractivity contribution in [3.63, 3.8) is 0 Å². The van der Waals surface area contributed by atoms with E-state index in [9.17, 15) is 4.79 Å². The van der Waals surface area contributed by atoms with Gasteiger partial charge in [-0.2, -0.15) is 0 Å². The van der Waals surface area contributed by atoms with Crippen molar-refractivity contribution in [2.75, 3.05) is 0 Å². The predicted octanol–water partition coefficient (Wildman–Crippen LogP) is 3.45. The highest BCUT2D eigenvalue weighted by Crippen LogP contribution is 2.19. The van der Waals surface area contributed by atoms with Crippen molar-refractivity contribution in [3.05, 3.63) is 49.9 Å². The average Bonchev–Trinajstić information content (AvgIpc) is 2.76. The van der Waals surface area contributed by atoms with Crippen LogP contribution in [0, 0.1) is 13.8 Å². The summed E-state index contributed by atoms with van der Waals surface area (Å²) in [7, 11) is 0. The van der Waals surface area contributed by atoms with Gasteiger partial charge in [-0.05, 0) is 31.5 Å². The molecule has 1 amide bonds. The van der Waals surface area contributed by atoms with Crippen LogP contribution in [0.1, 0.15) is 25.8 Å². The van der Waals surface area contributed by atoms with Gasteiger partial charge in [0.15, 0.2) is 0 Å². The van der Waals surface area contributed by atoms with E-state index in [0.29, 0.717) is 12.1 Å². The number of amides is 1. The van der Waals surface area contributed by atoms with Crippen LogP contribution in [0.25, 0.3) is 0 Å². The van der Waals surface area contributed by atoms with Gasteiger partial charge in [0.05, 0.1) is 11.6 Å². The third-order valence-corrected chi connectivity index (χ3v) is 4.38. The molecule has 0 aliphatic carbocycles. The van der Waals surface area contributed by atoms with Crippen molar-refractivity contribution in [3.8, 4) is 0 Å². The van der Waals surface area contributed by atoms with Crippen molar-refractivity contribution in [1.82, 2.24) is 10.3 Å². The van der Waals surface area contributed by atoms with Gasteiger partial charge in [-0.1, -0.05) is 22.0 Å². The maximum atomic E-state index is 12.1. The minimum Gasteiger partial charge on any atom is -0.347 e. The Bertz CT molecular complexity index is 580. The number of aromatic nitrogens is 1. The zero-order chi connectivity index (χ0) is 13.1. The first-order chi connectivity index (χ1) is 8.58. The normalized spacial score (nSPS) is 10.4. The SMILES string of the molecule is Cc1ncc(CNC(=O)c2cccc(Br)c2C)s1. The Labute approximate surface area is 118 Å². The number of nitrogens with one attached hydrogen (secondary N) is 1. The molecule has 18 heavy (non-hydrogen) atoms. The lowest BCUT2D eigenvalue weighted by Gasteiger charge is -2.07. The van der Waals surface area contributed by atoms with E-state index < -0.39 is 0 Å². The molecule has 1 aromatic carbocycles. The molecule has 0 atom stereocenters. The smallest absolute Gasteiger partial charge is 0.251 e. The molecular formula is C13H13BrN2OS. The molecule has 2 rings (SSSR count). The molecule has 94 valence electrons. The van der Waals surface area contributed by atoms with Gasteiger partial charge in [0.25, 0.3) is 5.91 Å². The van der Waals surface area contributed by atoms with E-state index in [0.717, 1.165) is 19.9 Å². The number of hydrogen-bond acceptors (Lipinski definition) is 3. The van der Waals surface area contributed by atoms with Gasteiger partial charge in [-0.25, -0.2) is 4.98 Å². The summed E-state index contributed by atoms with van der Waals surface area (Å²) in [6.45, 7) is 4.40. The Morgan fingerprint density at radius 1 is 1.44 bits per heavy atom. The highest BCUT2D eigenvalue weighted by molar-refractivity contribution is 9.10. The molecule has 0 unspecified atom stereocenters. The van der Waals surface area contributed by atoms with Crippen LogP contribution in [0.15, 0.2) is 28.9 Å². The first-order valence-corrected chi connectivity index (χ1v) is 7.13. The maximum absolute atomic E-state index is 12.1. The minimum atomic E-state index is -0.0557. The van der Waals surface area contributed by atoms with Crippen LogP contribution in [0.5, 0.6) is 0 Å². The number of halogens is 1. The number of benzene rings is 1. The Morgan fingerprint density at radius 3 is 2.89 bits per heavy atom. The monoisotopic (exact) mass is 324 g/mol. The fourth-order valence-electron chi connectivity index (χ4n) is 1.60. The third-order valence-electron chi connectivity index (χ3n) is 2.60. The zero-order valence-electron chi connectivity index (χ0n) is 10.2. The van der Waals surface area contributed by atoms with Crippen LogP contribution in [0.3, 0.4) is 0 Å². The second kappa shape index (κ2) is 5.63. The summed E-state index contributed by atoms with van der Waals surface area (Å²) in [5.41, 5.74) is 1.65. The van der Waals surface area contributed by atoms with Crippen molar-refractivity contribution in [1.29, 1.82) is 0 Å². The Morgan fingerprint density at radius 2 is 2.22 bits per heavy atom. The number of rotatable bonds is 3. The van der Waals surface area contributed by atoms with Gasteiger partial charge in [-0.15, -0.1) is 11.3 Å². The van der Waals surface area contributed by atoms with E-state index in [2.05, 4.69) is 26.2 Å². The van der Waals surface area contributed by atoms with E-state index in [4.69, 9.17) is 0 Å². The summed E-state index contributed by atoms with van der Waals surface area (Å²) in [5, 5.41) is 3.92. The van der Waals surface area contributed by atoms with Crippen LogP contribution in [0.2, 0.25) is 0 Å².